The van der Waals surface area contributed by atoms with Crippen LogP contribution in [0.3, 0.4) is 0 Å². The van der Waals surface area contributed by atoms with Crippen LogP contribution in [-0.2, 0) is 17.8 Å². The Morgan fingerprint density at radius 3 is 2.53 bits per heavy atom. The first-order valence-electron chi connectivity index (χ1n) is 10.0. The number of carbonyl (C=O) groups is 1. The van der Waals surface area contributed by atoms with E-state index in [0.717, 1.165) is 57.3 Å². The van der Waals surface area contributed by atoms with Crippen molar-refractivity contribution in [3.8, 4) is 0 Å². The Kier molecular flexibility index (Phi) is 10.1. The molecule has 1 saturated heterocycles. The Bertz CT molecular complexity index is 774. The highest BCUT2D eigenvalue weighted by Crippen LogP contribution is 2.08. The molecule has 164 valence electrons. The van der Waals surface area contributed by atoms with Gasteiger partial charge in [-0.15, -0.1) is 24.0 Å². The SMILES string of the molecule is CN(C)C(=O)CN=C(NCCc1ccccc1)N1CCN(Cc2ccon2)CC1.I. The Labute approximate surface area is 195 Å². The molecule has 0 radical (unpaired) electrons. The van der Waals surface area contributed by atoms with E-state index in [9.17, 15) is 4.79 Å². The lowest BCUT2D eigenvalue weighted by Crippen LogP contribution is -2.52. The second-order valence-electron chi connectivity index (χ2n) is 7.34. The van der Waals surface area contributed by atoms with E-state index in [1.165, 1.54) is 5.56 Å². The summed E-state index contributed by atoms with van der Waals surface area (Å²) in [5.41, 5.74) is 2.23. The van der Waals surface area contributed by atoms with Crippen LogP contribution in [0.2, 0.25) is 0 Å². The predicted molar refractivity (Wildman–Crippen MR) is 128 cm³/mol. The Balaban J connectivity index is 0.00000320. The summed E-state index contributed by atoms with van der Waals surface area (Å²) >= 11 is 0. The first-order chi connectivity index (χ1) is 14.1. The van der Waals surface area contributed by atoms with Crippen molar-refractivity contribution >= 4 is 35.8 Å². The molecule has 1 aromatic heterocycles. The van der Waals surface area contributed by atoms with Gasteiger partial charge in [0.25, 0.3) is 0 Å². The molecule has 1 fully saturated rings. The molecular weight excluding hydrogens is 495 g/mol. The third-order valence-electron chi connectivity index (χ3n) is 4.95. The summed E-state index contributed by atoms with van der Waals surface area (Å²) in [4.78, 5) is 22.7. The molecule has 0 aliphatic carbocycles. The maximum atomic E-state index is 12.0. The van der Waals surface area contributed by atoms with E-state index < -0.39 is 0 Å². The highest BCUT2D eigenvalue weighted by atomic mass is 127. The topological polar surface area (TPSA) is 77.2 Å². The molecule has 1 aliphatic heterocycles. The molecule has 0 unspecified atom stereocenters. The Hall–Kier alpha value is -2.14. The summed E-state index contributed by atoms with van der Waals surface area (Å²) in [5.74, 6) is 0.800. The van der Waals surface area contributed by atoms with Gasteiger partial charge in [0.05, 0.1) is 5.69 Å². The fraction of sp³-hybridized carbons (Fsp3) is 0.476. The lowest BCUT2D eigenvalue weighted by Gasteiger charge is -2.36. The molecule has 1 N–H and O–H groups in total. The van der Waals surface area contributed by atoms with E-state index in [-0.39, 0.29) is 36.4 Å². The minimum Gasteiger partial charge on any atom is -0.364 e. The van der Waals surface area contributed by atoms with Crippen LogP contribution >= 0.6 is 24.0 Å². The maximum absolute atomic E-state index is 12.0. The fourth-order valence-electron chi connectivity index (χ4n) is 3.18. The molecule has 1 amide bonds. The van der Waals surface area contributed by atoms with Gasteiger partial charge in [-0.2, -0.15) is 0 Å². The second-order valence-corrected chi connectivity index (χ2v) is 7.34. The van der Waals surface area contributed by atoms with Crippen LogP contribution in [0.4, 0.5) is 0 Å². The van der Waals surface area contributed by atoms with Gasteiger partial charge in [-0.3, -0.25) is 9.69 Å². The van der Waals surface area contributed by atoms with Crippen LogP contribution in [0, 0.1) is 0 Å². The number of piperazine rings is 1. The normalized spacial score (nSPS) is 14.9. The first-order valence-corrected chi connectivity index (χ1v) is 10.0. The standard InChI is InChI=1S/C21H30N6O2.HI/c1-25(2)20(28)16-23-21(22-10-8-18-6-4-3-5-7-18)27-13-11-26(12-14-27)17-19-9-15-29-24-19;/h3-7,9,15H,8,10-14,16-17H2,1-2H3,(H,22,23);1H. The average Bonchev–Trinajstić information content (AvgIpc) is 3.25. The second kappa shape index (κ2) is 12.5. The number of amides is 1. The van der Waals surface area contributed by atoms with E-state index in [1.54, 1.807) is 25.3 Å². The molecule has 0 spiro atoms. The Morgan fingerprint density at radius 1 is 1.17 bits per heavy atom. The molecule has 2 heterocycles. The zero-order valence-electron chi connectivity index (χ0n) is 17.7. The summed E-state index contributed by atoms with van der Waals surface area (Å²) < 4.78 is 4.92. The van der Waals surface area contributed by atoms with Gasteiger partial charge in [0.2, 0.25) is 5.91 Å². The highest BCUT2D eigenvalue weighted by Gasteiger charge is 2.20. The van der Waals surface area contributed by atoms with E-state index in [2.05, 4.69) is 37.4 Å². The molecule has 1 aromatic carbocycles. The van der Waals surface area contributed by atoms with Crippen LogP contribution < -0.4 is 5.32 Å². The largest absolute Gasteiger partial charge is 0.364 e. The van der Waals surface area contributed by atoms with Crippen LogP contribution in [-0.4, -0.2) is 85.1 Å². The van der Waals surface area contributed by atoms with Gasteiger partial charge < -0.3 is 19.6 Å². The zero-order valence-corrected chi connectivity index (χ0v) is 20.0. The van der Waals surface area contributed by atoms with Gasteiger partial charge >= 0.3 is 0 Å². The van der Waals surface area contributed by atoms with Crippen molar-refractivity contribution in [2.75, 3.05) is 53.4 Å². The number of aliphatic imine (C=N–C) groups is 1. The van der Waals surface area contributed by atoms with Crippen molar-refractivity contribution in [3.63, 3.8) is 0 Å². The van der Waals surface area contributed by atoms with Gasteiger partial charge in [-0.25, -0.2) is 4.99 Å². The molecule has 3 rings (SSSR count). The average molecular weight is 526 g/mol. The number of hydrogen-bond acceptors (Lipinski definition) is 5. The van der Waals surface area contributed by atoms with Gasteiger partial charge in [0.1, 0.15) is 12.8 Å². The van der Waals surface area contributed by atoms with E-state index >= 15 is 0 Å². The molecule has 0 atom stereocenters. The van der Waals surface area contributed by atoms with E-state index in [1.807, 2.05) is 24.3 Å². The van der Waals surface area contributed by atoms with E-state index in [0.29, 0.717) is 0 Å². The molecule has 9 heteroatoms. The lowest BCUT2D eigenvalue weighted by molar-refractivity contribution is -0.127. The number of aromatic nitrogens is 1. The van der Waals surface area contributed by atoms with Gasteiger partial charge in [0, 0.05) is 59.4 Å². The van der Waals surface area contributed by atoms with Crippen LogP contribution in [0.25, 0.3) is 0 Å². The number of guanidine groups is 1. The molecule has 2 aromatic rings. The van der Waals surface area contributed by atoms with Gasteiger partial charge in [0.15, 0.2) is 5.96 Å². The molecule has 0 bridgehead atoms. The zero-order chi connectivity index (χ0) is 20.5. The molecule has 30 heavy (non-hydrogen) atoms. The van der Waals surface area contributed by atoms with E-state index in [4.69, 9.17) is 4.52 Å². The monoisotopic (exact) mass is 526 g/mol. The maximum Gasteiger partial charge on any atom is 0.243 e. The molecule has 0 saturated carbocycles. The number of hydrogen-bond donors (Lipinski definition) is 1. The highest BCUT2D eigenvalue weighted by molar-refractivity contribution is 14.0. The first kappa shape index (κ1) is 24.1. The molecule has 1 aliphatic rings. The molecule has 8 nitrogen and oxygen atoms in total. The predicted octanol–water partition coefficient (Wildman–Crippen LogP) is 1.69. The third-order valence-corrected chi connectivity index (χ3v) is 4.95. The van der Waals surface area contributed by atoms with Crippen molar-refractivity contribution in [1.29, 1.82) is 0 Å². The number of likely N-dealkylation sites (N-methyl/N-ethyl adjacent to an activating group) is 1. The summed E-state index contributed by atoms with van der Waals surface area (Å²) in [5, 5.41) is 7.44. The van der Waals surface area contributed by atoms with Crippen molar-refractivity contribution in [3.05, 3.63) is 53.9 Å². The van der Waals surface area contributed by atoms with Crippen molar-refractivity contribution < 1.29 is 9.32 Å². The summed E-state index contributed by atoms with van der Waals surface area (Å²) in [7, 11) is 3.51. The number of nitrogens with zero attached hydrogens (tertiary/aromatic N) is 5. The smallest absolute Gasteiger partial charge is 0.243 e. The number of halogens is 1. The summed E-state index contributed by atoms with van der Waals surface area (Å²) in [6.07, 6.45) is 2.52. The minimum atomic E-state index is -0.00275. The van der Waals surface area contributed by atoms with Gasteiger partial charge in [-0.1, -0.05) is 35.5 Å². The van der Waals surface area contributed by atoms with Crippen molar-refractivity contribution in [2.24, 2.45) is 4.99 Å². The van der Waals surface area contributed by atoms with Gasteiger partial charge in [-0.05, 0) is 12.0 Å². The number of benzene rings is 1. The lowest BCUT2D eigenvalue weighted by atomic mass is 10.1. The van der Waals surface area contributed by atoms with Crippen LogP contribution in [0.5, 0.6) is 0 Å². The quantitative estimate of drug-likeness (QED) is 0.336. The number of carbonyl (C=O) groups excluding carboxylic acids is 1. The number of rotatable bonds is 7. The van der Waals surface area contributed by atoms with Crippen molar-refractivity contribution in [2.45, 2.75) is 13.0 Å². The summed E-state index contributed by atoms with van der Waals surface area (Å²) in [6, 6.07) is 12.3. The fourth-order valence-corrected chi connectivity index (χ4v) is 3.18. The van der Waals surface area contributed by atoms with Crippen LogP contribution in [0.15, 0.2) is 52.2 Å². The van der Waals surface area contributed by atoms with Crippen LogP contribution in [0.1, 0.15) is 11.3 Å². The number of nitrogens with one attached hydrogen (secondary N) is 1. The van der Waals surface area contributed by atoms with Crippen molar-refractivity contribution in [1.82, 2.24) is 25.2 Å². The minimum absolute atomic E-state index is 0. The molecular formula is C21H31IN6O2. The third kappa shape index (κ3) is 7.60. The Morgan fingerprint density at radius 2 is 1.90 bits per heavy atom. The summed E-state index contributed by atoms with van der Waals surface area (Å²) in [6.45, 7) is 5.24.